The number of hydrogen-bond acceptors (Lipinski definition) is 2. The Labute approximate surface area is 149 Å². The zero-order chi connectivity index (χ0) is 18.4. The van der Waals surface area contributed by atoms with Crippen LogP contribution in [0.4, 0.5) is 0 Å². The molecule has 0 fully saturated rings. The molecule has 1 aromatic carbocycles. The highest BCUT2D eigenvalue weighted by molar-refractivity contribution is 5.73. The van der Waals surface area contributed by atoms with Crippen molar-refractivity contribution in [1.29, 1.82) is 0 Å². The second-order valence-electron chi connectivity index (χ2n) is 7.38. The van der Waals surface area contributed by atoms with E-state index >= 15 is 0 Å². The van der Waals surface area contributed by atoms with Crippen molar-refractivity contribution in [2.24, 2.45) is 17.3 Å². The molecule has 0 bridgehead atoms. The lowest BCUT2D eigenvalue weighted by Gasteiger charge is -2.41. The van der Waals surface area contributed by atoms with E-state index in [2.05, 4.69) is 53.7 Å². The fourth-order valence-electron chi connectivity index (χ4n) is 3.70. The first-order valence-electron chi connectivity index (χ1n) is 9.59. The van der Waals surface area contributed by atoms with Crippen LogP contribution in [0.2, 0.25) is 0 Å². The van der Waals surface area contributed by atoms with Crippen LogP contribution in [0.1, 0.15) is 79.7 Å². The first kappa shape index (κ1) is 20.7. The fraction of sp³-hybridized carbons (Fsp3) is 0.682. The number of carbonyl (C=O) groups excluding carboxylic acids is 1. The molecule has 3 atom stereocenters. The molecule has 1 aromatic rings. The van der Waals surface area contributed by atoms with Gasteiger partial charge in [-0.2, -0.15) is 0 Å². The average Bonchev–Trinajstić information content (AvgIpc) is 2.64. The number of esters is 1. The van der Waals surface area contributed by atoms with E-state index in [1.165, 1.54) is 0 Å². The van der Waals surface area contributed by atoms with Gasteiger partial charge < -0.3 is 4.74 Å². The molecule has 1 rings (SSSR count). The molecular weight excluding hydrogens is 296 g/mol. The van der Waals surface area contributed by atoms with Crippen LogP contribution >= 0.6 is 0 Å². The lowest BCUT2D eigenvalue weighted by molar-refractivity contribution is -0.173. The molecule has 3 unspecified atom stereocenters. The summed E-state index contributed by atoms with van der Waals surface area (Å²) in [5, 5.41) is 0. The Balaban J connectivity index is 3.09. The van der Waals surface area contributed by atoms with E-state index in [1.807, 2.05) is 25.1 Å². The number of ether oxygens (including phenoxy) is 1. The number of hydrogen-bond donors (Lipinski definition) is 0. The lowest BCUT2D eigenvalue weighted by atomic mass is 9.66. The van der Waals surface area contributed by atoms with Crippen molar-refractivity contribution in [2.45, 2.75) is 79.8 Å². The molecular formula is C22H36O2. The van der Waals surface area contributed by atoms with Gasteiger partial charge in [0, 0.05) is 0 Å². The minimum atomic E-state index is -0.517. The van der Waals surface area contributed by atoms with Crippen LogP contribution in [-0.2, 0) is 15.1 Å². The second kappa shape index (κ2) is 8.69. The summed E-state index contributed by atoms with van der Waals surface area (Å²) in [4.78, 5) is 13.1. The second-order valence-corrected chi connectivity index (χ2v) is 7.38. The highest BCUT2D eigenvalue weighted by Gasteiger charge is 2.42. The number of rotatable bonds is 9. The van der Waals surface area contributed by atoms with Crippen LogP contribution in [0.3, 0.4) is 0 Å². The van der Waals surface area contributed by atoms with Gasteiger partial charge in [-0.05, 0) is 36.2 Å². The van der Waals surface area contributed by atoms with E-state index in [0.29, 0.717) is 5.92 Å². The molecule has 0 saturated heterocycles. The Morgan fingerprint density at radius 3 is 1.96 bits per heavy atom. The zero-order valence-corrected chi connectivity index (χ0v) is 16.7. The van der Waals surface area contributed by atoms with E-state index in [0.717, 1.165) is 31.2 Å². The highest BCUT2D eigenvalue weighted by Crippen LogP contribution is 2.43. The van der Waals surface area contributed by atoms with Gasteiger partial charge in [-0.25, -0.2) is 0 Å². The molecule has 0 radical (unpaired) electrons. The first-order valence-corrected chi connectivity index (χ1v) is 9.59. The van der Waals surface area contributed by atoms with Crippen LogP contribution in [0.15, 0.2) is 30.3 Å². The van der Waals surface area contributed by atoms with Crippen molar-refractivity contribution >= 4 is 5.97 Å². The van der Waals surface area contributed by atoms with E-state index in [9.17, 15) is 4.79 Å². The highest BCUT2D eigenvalue weighted by atomic mass is 16.6. The molecule has 0 aliphatic carbocycles. The summed E-state index contributed by atoms with van der Waals surface area (Å²) in [6.07, 6.45) is 3.64. The van der Waals surface area contributed by atoms with Crippen molar-refractivity contribution in [3.8, 4) is 0 Å². The topological polar surface area (TPSA) is 26.3 Å². The maximum absolute atomic E-state index is 13.1. The molecule has 0 spiro atoms. The maximum atomic E-state index is 13.1. The Morgan fingerprint density at radius 2 is 1.54 bits per heavy atom. The number of benzene rings is 1. The third kappa shape index (κ3) is 4.02. The molecule has 0 aliphatic heterocycles. The van der Waals surface area contributed by atoms with Gasteiger partial charge in [0.05, 0.1) is 5.92 Å². The van der Waals surface area contributed by atoms with Gasteiger partial charge in [0.25, 0.3) is 0 Å². The van der Waals surface area contributed by atoms with Crippen molar-refractivity contribution in [3.05, 3.63) is 35.9 Å². The van der Waals surface area contributed by atoms with Crippen molar-refractivity contribution in [2.75, 3.05) is 0 Å². The molecule has 2 heteroatoms. The summed E-state index contributed by atoms with van der Waals surface area (Å²) in [5.74, 6) is 0.310. The predicted octanol–water partition coefficient (Wildman–Crippen LogP) is 6.34. The summed E-state index contributed by atoms with van der Waals surface area (Å²) in [6.45, 7) is 15.1. The van der Waals surface area contributed by atoms with Gasteiger partial charge in [0.15, 0.2) is 0 Å². The van der Waals surface area contributed by atoms with Gasteiger partial charge >= 0.3 is 5.97 Å². The fourth-order valence-corrected chi connectivity index (χ4v) is 3.70. The summed E-state index contributed by atoms with van der Waals surface area (Å²) in [5.41, 5.74) is 0.546. The molecule has 0 amide bonds. The smallest absolute Gasteiger partial charge is 0.310 e. The van der Waals surface area contributed by atoms with Gasteiger partial charge in [-0.1, -0.05) is 85.2 Å². The van der Waals surface area contributed by atoms with Gasteiger partial charge in [-0.3, -0.25) is 4.79 Å². The molecule has 0 aromatic heterocycles. The first-order chi connectivity index (χ1) is 11.3. The molecule has 0 saturated carbocycles. The minimum absolute atomic E-state index is 0.0320. The standard InChI is InChI=1S/C22H36O2/c1-8-17(5)21(7,9-2)18(6)20(23)24-22(10-3,11-4)19-15-13-12-14-16-19/h12-18H,8-11H2,1-7H3. The van der Waals surface area contributed by atoms with Crippen LogP contribution in [0.5, 0.6) is 0 Å². The van der Waals surface area contributed by atoms with E-state index < -0.39 is 5.60 Å². The van der Waals surface area contributed by atoms with Crippen LogP contribution in [-0.4, -0.2) is 5.97 Å². The quantitative estimate of drug-likeness (QED) is 0.493. The zero-order valence-electron chi connectivity index (χ0n) is 16.7. The normalized spacial score (nSPS) is 17.0. The Hall–Kier alpha value is -1.31. The predicted molar refractivity (Wildman–Crippen MR) is 102 cm³/mol. The molecule has 136 valence electrons. The molecule has 2 nitrogen and oxygen atoms in total. The van der Waals surface area contributed by atoms with Crippen molar-refractivity contribution < 1.29 is 9.53 Å². The van der Waals surface area contributed by atoms with Crippen LogP contribution in [0, 0.1) is 17.3 Å². The Morgan fingerprint density at radius 1 is 1.00 bits per heavy atom. The average molecular weight is 333 g/mol. The monoisotopic (exact) mass is 332 g/mol. The molecule has 0 heterocycles. The van der Waals surface area contributed by atoms with E-state index in [1.54, 1.807) is 0 Å². The van der Waals surface area contributed by atoms with Gasteiger partial charge in [0.2, 0.25) is 0 Å². The molecule has 0 N–H and O–H groups in total. The third-order valence-corrected chi connectivity index (χ3v) is 6.58. The SMILES string of the molecule is CCC(C)C(C)(CC)C(C)C(=O)OC(CC)(CC)c1ccccc1. The summed E-state index contributed by atoms with van der Waals surface area (Å²) in [7, 11) is 0. The Kier molecular flexibility index (Phi) is 7.51. The molecule has 0 aliphatic rings. The largest absolute Gasteiger partial charge is 0.454 e. The summed E-state index contributed by atoms with van der Waals surface area (Å²) in [6, 6.07) is 10.2. The lowest BCUT2D eigenvalue weighted by Crippen LogP contribution is -2.41. The molecule has 24 heavy (non-hydrogen) atoms. The Bertz CT molecular complexity index is 504. The van der Waals surface area contributed by atoms with E-state index in [4.69, 9.17) is 4.74 Å². The maximum Gasteiger partial charge on any atom is 0.310 e. The summed E-state index contributed by atoms with van der Waals surface area (Å²) < 4.78 is 6.19. The van der Waals surface area contributed by atoms with Crippen molar-refractivity contribution in [3.63, 3.8) is 0 Å². The minimum Gasteiger partial charge on any atom is -0.454 e. The van der Waals surface area contributed by atoms with Crippen LogP contribution < -0.4 is 0 Å². The van der Waals surface area contributed by atoms with E-state index in [-0.39, 0.29) is 17.3 Å². The van der Waals surface area contributed by atoms with Crippen LogP contribution in [0.25, 0.3) is 0 Å². The number of carbonyl (C=O) groups is 1. The van der Waals surface area contributed by atoms with Gasteiger partial charge in [-0.15, -0.1) is 0 Å². The van der Waals surface area contributed by atoms with Crippen molar-refractivity contribution in [1.82, 2.24) is 0 Å². The van der Waals surface area contributed by atoms with Gasteiger partial charge in [0.1, 0.15) is 5.60 Å². The third-order valence-electron chi connectivity index (χ3n) is 6.58. The summed E-state index contributed by atoms with van der Waals surface area (Å²) >= 11 is 0.